The van der Waals surface area contributed by atoms with Crippen molar-refractivity contribution < 1.29 is 53.3 Å². The first-order valence-corrected chi connectivity index (χ1v) is 12.4. The molecule has 0 amide bonds. The van der Waals surface area contributed by atoms with E-state index >= 15 is 0 Å². The maximum Gasteiger partial charge on any atom is 0.299 e. The summed E-state index contributed by atoms with van der Waals surface area (Å²) in [5.74, 6) is -1.76. The van der Waals surface area contributed by atoms with Crippen molar-refractivity contribution in [1.29, 1.82) is 0 Å². The zero-order valence-electron chi connectivity index (χ0n) is 16.4. The Balaban J connectivity index is 2.71. The molecule has 1 heterocycles. The largest absolute Gasteiger partial charge is 0.493 e. The van der Waals surface area contributed by atoms with Crippen LogP contribution in [-0.4, -0.2) is 62.8 Å². The number of sulfone groups is 1. The van der Waals surface area contributed by atoms with Crippen molar-refractivity contribution in [2.75, 3.05) is 28.4 Å². The predicted molar refractivity (Wildman–Crippen MR) is 103 cm³/mol. The molecule has 170 valence electrons. The average molecular weight is 496 g/mol. The topological polar surface area (TPSA) is 180 Å². The van der Waals surface area contributed by atoms with Crippen LogP contribution in [0.4, 0.5) is 0 Å². The summed E-state index contributed by atoms with van der Waals surface area (Å²) in [4.78, 5) is -4.22. The summed E-state index contributed by atoms with van der Waals surface area (Å²) >= 11 is 0. The molecule has 31 heavy (non-hydrogen) atoms. The first kappa shape index (κ1) is 23.1. The van der Waals surface area contributed by atoms with Gasteiger partial charge in [-0.25, -0.2) is 8.42 Å². The molecule has 15 heteroatoms. The van der Waals surface area contributed by atoms with Crippen LogP contribution in [0.15, 0.2) is 31.7 Å². The van der Waals surface area contributed by atoms with Crippen LogP contribution in [0, 0.1) is 0 Å². The van der Waals surface area contributed by atoms with E-state index in [0.29, 0.717) is 0 Å². The average Bonchev–Trinajstić information content (AvgIpc) is 2.89. The summed E-state index contributed by atoms with van der Waals surface area (Å²) in [5.41, 5.74) is -0.655. The molecular formula is C16H16O12S3. The molecule has 2 aromatic carbocycles. The van der Waals surface area contributed by atoms with Gasteiger partial charge in [0.25, 0.3) is 20.2 Å². The monoisotopic (exact) mass is 496 g/mol. The molecule has 0 atom stereocenters. The van der Waals surface area contributed by atoms with Crippen LogP contribution in [0.1, 0.15) is 0 Å². The summed E-state index contributed by atoms with van der Waals surface area (Å²) in [6.07, 6.45) is 0. The van der Waals surface area contributed by atoms with E-state index in [1.54, 1.807) is 0 Å². The fourth-order valence-corrected chi connectivity index (χ4v) is 8.00. The number of hydrogen-bond acceptors (Lipinski definition) is 10. The van der Waals surface area contributed by atoms with Gasteiger partial charge in [-0.05, 0) is 12.1 Å². The van der Waals surface area contributed by atoms with Gasteiger partial charge in [0.1, 0.15) is 9.79 Å². The summed E-state index contributed by atoms with van der Waals surface area (Å²) in [5, 5.41) is 0. The van der Waals surface area contributed by atoms with Gasteiger partial charge in [-0.15, -0.1) is 0 Å². The van der Waals surface area contributed by atoms with Gasteiger partial charge >= 0.3 is 0 Å². The Hall–Kier alpha value is -2.59. The third kappa shape index (κ3) is 3.28. The number of benzene rings is 2. The second-order valence-electron chi connectivity index (χ2n) is 6.09. The van der Waals surface area contributed by atoms with E-state index in [1.807, 2.05) is 0 Å². The fraction of sp³-hybridized carbons (Fsp3) is 0.250. The van der Waals surface area contributed by atoms with Crippen LogP contribution in [0.5, 0.6) is 23.0 Å². The first-order chi connectivity index (χ1) is 14.2. The molecule has 2 N–H and O–H groups in total. The molecule has 0 saturated carbocycles. The molecule has 0 fully saturated rings. The van der Waals surface area contributed by atoms with E-state index in [-0.39, 0.29) is 22.6 Å². The Bertz CT molecular complexity index is 1320. The first-order valence-electron chi connectivity index (χ1n) is 8.04. The normalized spacial score (nSPS) is 14.5. The lowest BCUT2D eigenvalue weighted by molar-refractivity contribution is 0.342. The van der Waals surface area contributed by atoms with Crippen LogP contribution >= 0.6 is 0 Å². The van der Waals surface area contributed by atoms with E-state index in [2.05, 4.69) is 0 Å². The zero-order valence-corrected chi connectivity index (χ0v) is 18.8. The summed E-state index contributed by atoms with van der Waals surface area (Å²) < 4.78 is 115. The summed E-state index contributed by atoms with van der Waals surface area (Å²) in [7, 11) is -11.1. The van der Waals surface area contributed by atoms with Crippen molar-refractivity contribution >= 4 is 30.1 Å². The second kappa shape index (κ2) is 7.23. The molecule has 1 aliphatic heterocycles. The molecule has 0 aromatic heterocycles. The molecule has 0 aliphatic carbocycles. The Morgan fingerprint density at radius 3 is 1.23 bits per heavy atom. The van der Waals surface area contributed by atoms with Crippen LogP contribution in [-0.2, 0) is 30.1 Å². The van der Waals surface area contributed by atoms with Gasteiger partial charge in [-0.3, -0.25) is 9.11 Å². The molecule has 0 unspecified atom stereocenters. The highest BCUT2D eigenvalue weighted by atomic mass is 32.2. The van der Waals surface area contributed by atoms with E-state index in [9.17, 15) is 34.4 Å². The van der Waals surface area contributed by atoms with Crippen molar-refractivity contribution in [2.24, 2.45) is 0 Å². The molecule has 1 aliphatic rings. The number of rotatable bonds is 6. The lowest BCUT2D eigenvalue weighted by Gasteiger charge is -2.15. The Morgan fingerprint density at radius 2 is 1.00 bits per heavy atom. The highest BCUT2D eigenvalue weighted by Gasteiger charge is 2.47. The van der Waals surface area contributed by atoms with Crippen molar-refractivity contribution in [1.82, 2.24) is 0 Å². The number of fused-ring (bicyclic) bond motifs is 3. The molecule has 3 rings (SSSR count). The standard InChI is InChI=1S/C16H16O12S3/c1-25-9-5-7-8-6-10(26-2)12(28-4)16(31(22,23)24)14(8)29(17,18)13(7)15(11(9)27-3)30(19,20)21/h5-6H,1-4H3,(H,19,20,21)(H,22,23,24). The smallest absolute Gasteiger partial charge is 0.299 e. The highest BCUT2D eigenvalue weighted by molar-refractivity contribution is 7.94. The quantitative estimate of drug-likeness (QED) is 0.463. The third-order valence-corrected chi connectivity index (χ3v) is 8.50. The Labute approximate surface area is 177 Å². The van der Waals surface area contributed by atoms with E-state index in [4.69, 9.17) is 18.9 Å². The van der Waals surface area contributed by atoms with Gasteiger partial charge in [0.2, 0.25) is 9.84 Å². The molecule has 12 nitrogen and oxygen atoms in total. The Kier molecular flexibility index (Phi) is 5.39. The zero-order chi connectivity index (χ0) is 23.5. The molecule has 0 bridgehead atoms. The fourth-order valence-electron chi connectivity index (χ4n) is 3.39. The molecule has 0 saturated heterocycles. The van der Waals surface area contributed by atoms with Crippen LogP contribution in [0.3, 0.4) is 0 Å². The lowest BCUT2D eigenvalue weighted by Crippen LogP contribution is -2.13. The van der Waals surface area contributed by atoms with Gasteiger partial charge in [-0.1, -0.05) is 0 Å². The molecule has 0 radical (unpaired) electrons. The molecule has 2 aromatic rings. The van der Waals surface area contributed by atoms with Gasteiger partial charge in [0.15, 0.2) is 32.8 Å². The summed E-state index contributed by atoms with van der Waals surface area (Å²) in [6.45, 7) is 0. The molecular weight excluding hydrogens is 480 g/mol. The van der Waals surface area contributed by atoms with Crippen molar-refractivity contribution in [3.05, 3.63) is 12.1 Å². The predicted octanol–water partition coefficient (Wildman–Crippen LogP) is 1.03. The van der Waals surface area contributed by atoms with Crippen LogP contribution < -0.4 is 18.9 Å². The van der Waals surface area contributed by atoms with Gasteiger partial charge in [0.05, 0.1) is 28.4 Å². The SMILES string of the molecule is COc1cc2c(c(S(=O)(=O)O)c1OC)S(=O)(=O)c1c-2cc(OC)c(OC)c1S(=O)(=O)O. The minimum Gasteiger partial charge on any atom is -0.493 e. The van der Waals surface area contributed by atoms with Crippen LogP contribution in [0.25, 0.3) is 11.1 Å². The van der Waals surface area contributed by atoms with Gasteiger partial charge in [-0.2, -0.15) is 16.8 Å². The Morgan fingerprint density at radius 1 is 0.677 bits per heavy atom. The maximum absolute atomic E-state index is 13.4. The maximum atomic E-state index is 13.4. The third-order valence-electron chi connectivity index (χ3n) is 4.50. The highest BCUT2D eigenvalue weighted by Crippen LogP contribution is 2.56. The van der Waals surface area contributed by atoms with Gasteiger partial charge in [0, 0.05) is 11.1 Å². The van der Waals surface area contributed by atoms with E-state index in [1.165, 1.54) is 0 Å². The van der Waals surface area contributed by atoms with E-state index in [0.717, 1.165) is 40.6 Å². The van der Waals surface area contributed by atoms with Crippen molar-refractivity contribution in [2.45, 2.75) is 19.6 Å². The van der Waals surface area contributed by atoms with E-state index < -0.39 is 61.2 Å². The van der Waals surface area contributed by atoms with Crippen molar-refractivity contribution in [3.63, 3.8) is 0 Å². The molecule has 0 spiro atoms. The van der Waals surface area contributed by atoms with Crippen molar-refractivity contribution in [3.8, 4) is 34.1 Å². The number of hydrogen-bond donors (Lipinski definition) is 2. The summed E-state index contributed by atoms with van der Waals surface area (Å²) in [6, 6.07) is 2.18. The minimum absolute atomic E-state index is 0.264. The minimum atomic E-state index is -5.23. The second-order valence-corrected chi connectivity index (χ2v) is 10.6. The van der Waals surface area contributed by atoms with Gasteiger partial charge < -0.3 is 18.9 Å². The lowest BCUT2D eigenvalue weighted by atomic mass is 10.0. The number of ether oxygens (including phenoxy) is 4. The van der Waals surface area contributed by atoms with Crippen LogP contribution in [0.2, 0.25) is 0 Å². The number of methoxy groups -OCH3 is 4.